The molecule has 0 saturated carbocycles. The molecule has 2 aromatic rings. The first-order valence-electron chi connectivity index (χ1n) is 10.6. The molecule has 3 atom stereocenters. The second-order valence-electron chi connectivity index (χ2n) is 9.04. The van der Waals surface area contributed by atoms with Gasteiger partial charge in [0.15, 0.2) is 5.13 Å². The van der Waals surface area contributed by atoms with Crippen molar-refractivity contribution in [3.8, 4) is 0 Å². The number of ether oxygens (including phenoxy) is 1. The van der Waals surface area contributed by atoms with Crippen LogP contribution >= 0.6 is 22.9 Å². The molecular weight excluding hydrogens is 450 g/mol. The van der Waals surface area contributed by atoms with Gasteiger partial charge in [-0.3, -0.25) is 0 Å². The van der Waals surface area contributed by atoms with Crippen LogP contribution in [0.3, 0.4) is 0 Å². The Bertz CT molecular complexity index is 949. The summed E-state index contributed by atoms with van der Waals surface area (Å²) < 4.78 is 4.70. The van der Waals surface area contributed by atoms with Gasteiger partial charge >= 0.3 is 5.97 Å². The Morgan fingerprint density at radius 2 is 2.09 bits per heavy atom. The highest BCUT2D eigenvalue weighted by Gasteiger charge is 2.48. The minimum absolute atomic E-state index is 0.00417. The number of thiazole rings is 1. The fraction of sp³-hybridized carbons (Fsp3) is 0.522. The molecule has 7 nitrogen and oxygen atoms in total. The highest BCUT2D eigenvalue weighted by atomic mass is 35.5. The van der Waals surface area contributed by atoms with E-state index >= 15 is 0 Å². The fourth-order valence-electron chi connectivity index (χ4n) is 4.35. The van der Waals surface area contributed by atoms with Gasteiger partial charge in [-0.15, -0.1) is 0 Å². The number of benzene rings is 1. The number of likely N-dealkylation sites (tertiary alicyclic amines) is 1. The number of carbonyl (C=O) groups is 2. The van der Waals surface area contributed by atoms with Gasteiger partial charge in [-0.1, -0.05) is 55.8 Å². The molecule has 1 aliphatic heterocycles. The maximum atomic E-state index is 11.8. The number of halogens is 1. The minimum atomic E-state index is -0.954. The number of hydrogen-bond donors (Lipinski definition) is 2. The highest BCUT2D eigenvalue weighted by Crippen LogP contribution is 2.46. The van der Waals surface area contributed by atoms with Crippen molar-refractivity contribution in [2.45, 2.75) is 38.8 Å². The summed E-state index contributed by atoms with van der Waals surface area (Å²) in [5.74, 6) is -0.453. The number of aldehydes is 1. The highest BCUT2D eigenvalue weighted by molar-refractivity contribution is 7.17. The molecule has 9 heteroatoms. The van der Waals surface area contributed by atoms with Crippen molar-refractivity contribution in [1.82, 2.24) is 9.88 Å². The number of hydrogen-bond acceptors (Lipinski definition) is 8. The van der Waals surface area contributed by atoms with Crippen molar-refractivity contribution in [3.63, 3.8) is 0 Å². The summed E-state index contributed by atoms with van der Waals surface area (Å²) >= 11 is 7.18. The van der Waals surface area contributed by atoms with E-state index in [0.717, 1.165) is 23.2 Å². The number of anilines is 1. The molecular formula is C23H30ClN3O4S. The third-order valence-electron chi connectivity index (χ3n) is 6.34. The SMILES string of the molecule is COC(=O)c1cnc(NC(C=O)[C@@H](C)CN2CC[C@](O)(c3ccc(Cl)cc3)C(C)(C)C2)s1. The van der Waals surface area contributed by atoms with Crippen molar-refractivity contribution >= 4 is 40.3 Å². The number of nitrogens with zero attached hydrogens (tertiary/aromatic N) is 2. The number of piperidine rings is 1. The second kappa shape index (κ2) is 9.87. The average molecular weight is 480 g/mol. The summed E-state index contributed by atoms with van der Waals surface area (Å²) in [5.41, 5.74) is -0.476. The van der Waals surface area contributed by atoms with Crippen molar-refractivity contribution in [2.24, 2.45) is 11.3 Å². The lowest BCUT2D eigenvalue weighted by Crippen LogP contribution is -2.56. The molecule has 0 radical (unpaired) electrons. The van der Waals surface area contributed by atoms with Gasteiger partial charge in [-0.2, -0.15) is 0 Å². The first-order chi connectivity index (χ1) is 15.1. The molecule has 1 aromatic heterocycles. The van der Waals surface area contributed by atoms with Crippen LogP contribution in [0.15, 0.2) is 30.5 Å². The normalized spacial score (nSPS) is 22.7. The predicted molar refractivity (Wildman–Crippen MR) is 126 cm³/mol. The summed E-state index contributed by atoms with van der Waals surface area (Å²) in [5, 5.41) is 15.8. The maximum absolute atomic E-state index is 11.8. The summed E-state index contributed by atoms with van der Waals surface area (Å²) in [6.45, 7) is 8.23. The van der Waals surface area contributed by atoms with E-state index in [9.17, 15) is 14.7 Å². The predicted octanol–water partition coefficient (Wildman–Crippen LogP) is 3.82. The molecule has 1 unspecified atom stereocenters. The van der Waals surface area contributed by atoms with Crippen LogP contribution in [0, 0.1) is 11.3 Å². The summed E-state index contributed by atoms with van der Waals surface area (Å²) in [7, 11) is 1.32. The van der Waals surface area contributed by atoms with Crippen LogP contribution in [-0.2, 0) is 15.1 Å². The van der Waals surface area contributed by atoms with Gasteiger partial charge in [-0.25, -0.2) is 9.78 Å². The molecule has 0 bridgehead atoms. The lowest BCUT2D eigenvalue weighted by Gasteiger charge is -2.51. The monoisotopic (exact) mass is 479 g/mol. The number of methoxy groups -OCH3 is 1. The Labute approximate surface area is 197 Å². The third-order valence-corrected chi connectivity index (χ3v) is 7.50. The van der Waals surface area contributed by atoms with Gasteiger partial charge in [0, 0.05) is 30.1 Å². The van der Waals surface area contributed by atoms with Gasteiger partial charge in [0.05, 0.1) is 24.9 Å². The molecule has 32 heavy (non-hydrogen) atoms. The Hall–Kier alpha value is -2.00. The Morgan fingerprint density at radius 1 is 1.41 bits per heavy atom. The van der Waals surface area contributed by atoms with E-state index in [1.165, 1.54) is 13.3 Å². The molecule has 1 saturated heterocycles. The smallest absolute Gasteiger partial charge is 0.349 e. The van der Waals surface area contributed by atoms with Crippen molar-refractivity contribution in [3.05, 3.63) is 45.9 Å². The number of rotatable bonds is 8. The van der Waals surface area contributed by atoms with E-state index in [-0.39, 0.29) is 5.92 Å². The molecule has 1 fully saturated rings. The van der Waals surface area contributed by atoms with Gasteiger partial charge < -0.3 is 24.9 Å². The number of nitrogens with one attached hydrogen (secondary N) is 1. The van der Waals surface area contributed by atoms with E-state index < -0.39 is 23.0 Å². The van der Waals surface area contributed by atoms with Gasteiger partial charge in [0.25, 0.3) is 0 Å². The maximum Gasteiger partial charge on any atom is 0.349 e. The first kappa shape index (κ1) is 24.6. The second-order valence-corrected chi connectivity index (χ2v) is 10.5. The van der Waals surface area contributed by atoms with E-state index in [4.69, 9.17) is 16.3 Å². The lowest BCUT2D eigenvalue weighted by atomic mass is 9.66. The number of carbonyl (C=O) groups excluding carboxylic acids is 2. The van der Waals surface area contributed by atoms with Crippen LogP contribution in [0.5, 0.6) is 0 Å². The Morgan fingerprint density at radius 3 is 2.69 bits per heavy atom. The summed E-state index contributed by atoms with van der Waals surface area (Å²) in [4.78, 5) is 30.3. The first-order valence-corrected chi connectivity index (χ1v) is 11.8. The van der Waals surface area contributed by atoms with Crippen LogP contribution in [0.1, 0.15) is 42.4 Å². The summed E-state index contributed by atoms with van der Waals surface area (Å²) in [6, 6.07) is 6.96. The molecule has 0 spiro atoms. The summed E-state index contributed by atoms with van der Waals surface area (Å²) in [6.07, 6.45) is 2.90. The van der Waals surface area contributed by atoms with Crippen molar-refractivity contribution in [1.29, 1.82) is 0 Å². The lowest BCUT2D eigenvalue weighted by molar-refractivity contribution is -0.127. The molecule has 1 aromatic carbocycles. The zero-order chi connectivity index (χ0) is 23.5. The fourth-order valence-corrected chi connectivity index (χ4v) is 5.26. The molecule has 2 heterocycles. The van der Waals surface area contributed by atoms with E-state index in [1.54, 1.807) is 0 Å². The minimum Gasteiger partial charge on any atom is -0.465 e. The molecule has 0 aliphatic carbocycles. The van der Waals surface area contributed by atoms with E-state index in [1.807, 2.05) is 31.2 Å². The Balaban J connectivity index is 1.64. The largest absolute Gasteiger partial charge is 0.465 e. The number of aromatic nitrogens is 1. The number of aliphatic hydroxyl groups is 1. The van der Waals surface area contributed by atoms with Crippen LogP contribution in [0.4, 0.5) is 5.13 Å². The Kier molecular flexibility index (Phi) is 7.60. The quantitative estimate of drug-likeness (QED) is 0.439. The van der Waals surface area contributed by atoms with E-state index in [0.29, 0.717) is 41.1 Å². The molecule has 0 amide bonds. The topological polar surface area (TPSA) is 91.8 Å². The third kappa shape index (κ3) is 5.14. The molecule has 174 valence electrons. The van der Waals surface area contributed by atoms with E-state index in [2.05, 4.69) is 29.0 Å². The van der Waals surface area contributed by atoms with Crippen LogP contribution in [0.25, 0.3) is 0 Å². The van der Waals surface area contributed by atoms with Crippen molar-refractivity contribution in [2.75, 3.05) is 32.1 Å². The molecule has 2 N–H and O–H groups in total. The molecule has 1 aliphatic rings. The van der Waals surface area contributed by atoms with Crippen LogP contribution in [-0.4, -0.2) is 60.0 Å². The van der Waals surface area contributed by atoms with Crippen molar-refractivity contribution < 1.29 is 19.4 Å². The van der Waals surface area contributed by atoms with Gasteiger partial charge in [0.1, 0.15) is 11.2 Å². The standard InChI is InChI=1S/C23H30ClN3O4S/c1-15(18(13-28)26-21-25-11-19(32-21)20(29)31-4)12-27-10-9-23(30,22(2,3)14-27)16-5-7-17(24)8-6-16/h5-8,11,13,15,18,30H,9-10,12,14H2,1-4H3,(H,25,26)/t15-,18?,23-/m0/s1. The van der Waals surface area contributed by atoms with Gasteiger partial charge in [-0.05, 0) is 30.0 Å². The average Bonchev–Trinajstić information content (AvgIpc) is 3.23. The van der Waals surface area contributed by atoms with Gasteiger partial charge in [0.2, 0.25) is 0 Å². The number of esters is 1. The van der Waals surface area contributed by atoms with Crippen LogP contribution in [0.2, 0.25) is 5.02 Å². The zero-order valence-electron chi connectivity index (χ0n) is 18.8. The zero-order valence-corrected chi connectivity index (χ0v) is 20.4. The van der Waals surface area contributed by atoms with Crippen LogP contribution < -0.4 is 5.32 Å². The molecule has 3 rings (SSSR count).